The van der Waals surface area contributed by atoms with Gasteiger partial charge in [-0.15, -0.1) is 0 Å². The molecule has 0 amide bonds. The van der Waals surface area contributed by atoms with E-state index in [-0.39, 0.29) is 6.04 Å². The lowest BCUT2D eigenvalue weighted by Crippen LogP contribution is -2.42. The number of morpholine rings is 1. The molecule has 1 atom stereocenters. The Kier molecular flexibility index (Phi) is 4.51. The van der Waals surface area contributed by atoms with Crippen molar-refractivity contribution in [2.75, 3.05) is 38.2 Å². The van der Waals surface area contributed by atoms with Gasteiger partial charge in [-0.1, -0.05) is 0 Å². The molecule has 0 spiro atoms. The molecule has 0 bridgehead atoms. The lowest BCUT2D eigenvalue weighted by molar-refractivity contribution is 0.0368. The van der Waals surface area contributed by atoms with Crippen LogP contribution in [0.15, 0.2) is 18.5 Å². The number of hydrogen-bond acceptors (Lipinski definition) is 5. The van der Waals surface area contributed by atoms with Crippen LogP contribution < -0.4 is 5.32 Å². The van der Waals surface area contributed by atoms with Gasteiger partial charge in [-0.05, 0) is 13.0 Å². The van der Waals surface area contributed by atoms with Crippen LogP contribution in [-0.2, 0) is 4.74 Å². The van der Waals surface area contributed by atoms with Gasteiger partial charge in [0.05, 0.1) is 30.7 Å². The van der Waals surface area contributed by atoms with Crippen molar-refractivity contribution >= 4 is 5.69 Å². The maximum Gasteiger partial charge on any atom is 0.101 e. The molecule has 0 aromatic carbocycles. The Balaban J connectivity index is 1.90. The average molecular weight is 246 g/mol. The van der Waals surface area contributed by atoms with Gasteiger partial charge in [0.2, 0.25) is 0 Å². The van der Waals surface area contributed by atoms with Crippen molar-refractivity contribution in [2.24, 2.45) is 0 Å². The van der Waals surface area contributed by atoms with E-state index in [1.54, 1.807) is 18.5 Å². The van der Waals surface area contributed by atoms with E-state index in [2.05, 4.69) is 28.2 Å². The van der Waals surface area contributed by atoms with Crippen molar-refractivity contribution < 1.29 is 4.74 Å². The van der Waals surface area contributed by atoms with Crippen LogP contribution in [-0.4, -0.2) is 48.8 Å². The lowest BCUT2D eigenvalue weighted by atomic mass is 10.2. The zero-order valence-corrected chi connectivity index (χ0v) is 10.6. The zero-order valence-electron chi connectivity index (χ0n) is 10.6. The first-order valence-electron chi connectivity index (χ1n) is 6.20. The van der Waals surface area contributed by atoms with E-state index < -0.39 is 0 Å². The van der Waals surface area contributed by atoms with Gasteiger partial charge in [0, 0.05) is 31.9 Å². The highest BCUT2D eigenvalue weighted by atomic mass is 16.5. The van der Waals surface area contributed by atoms with Crippen molar-refractivity contribution in [3.63, 3.8) is 0 Å². The topological polar surface area (TPSA) is 61.2 Å². The van der Waals surface area contributed by atoms with E-state index in [1.165, 1.54) is 0 Å². The average Bonchev–Trinajstić information content (AvgIpc) is 2.40. The molecule has 5 heteroatoms. The molecule has 1 aromatic rings. The van der Waals surface area contributed by atoms with Gasteiger partial charge in [0.15, 0.2) is 0 Å². The summed E-state index contributed by atoms with van der Waals surface area (Å²) in [6.45, 7) is 6.63. The molecule has 1 N–H and O–H groups in total. The Bertz CT molecular complexity index is 423. The molecule has 1 unspecified atom stereocenters. The fourth-order valence-corrected chi connectivity index (χ4v) is 2.09. The summed E-state index contributed by atoms with van der Waals surface area (Å²) in [6, 6.07) is 4.17. The van der Waals surface area contributed by atoms with Gasteiger partial charge in [0.25, 0.3) is 0 Å². The Morgan fingerprint density at radius 1 is 1.56 bits per heavy atom. The minimum atomic E-state index is 0.277. The molecule has 0 aliphatic carbocycles. The first-order valence-corrected chi connectivity index (χ1v) is 6.20. The van der Waals surface area contributed by atoms with E-state index in [0.717, 1.165) is 38.5 Å². The van der Waals surface area contributed by atoms with Crippen LogP contribution in [0.2, 0.25) is 0 Å². The van der Waals surface area contributed by atoms with Crippen LogP contribution in [0.3, 0.4) is 0 Å². The second-order valence-electron chi connectivity index (χ2n) is 4.49. The second-order valence-corrected chi connectivity index (χ2v) is 4.49. The van der Waals surface area contributed by atoms with Crippen LogP contribution in [0.5, 0.6) is 0 Å². The summed E-state index contributed by atoms with van der Waals surface area (Å²) in [5, 5.41) is 12.3. The predicted octanol–water partition coefficient (Wildman–Crippen LogP) is 1.09. The fourth-order valence-electron chi connectivity index (χ4n) is 2.09. The van der Waals surface area contributed by atoms with Crippen molar-refractivity contribution in [2.45, 2.75) is 13.0 Å². The summed E-state index contributed by atoms with van der Waals surface area (Å²) >= 11 is 0. The Hall–Kier alpha value is -1.64. The number of rotatable bonds is 4. The van der Waals surface area contributed by atoms with Crippen LogP contribution in [0.25, 0.3) is 0 Å². The molecular weight excluding hydrogens is 228 g/mol. The summed E-state index contributed by atoms with van der Waals surface area (Å²) in [7, 11) is 0. The summed E-state index contributed by atoms with van der Waals surface area (Å²) in [5.41, 5.74) is 1.44. The molecular formula is C13H18N4O. The van der Waals surface area contributed by atoms with Crippen LogP contribution in [0.1, 0.15) is 12.5 Å². The molecule has 1 fully saturated rings. The lowest BCUT2D eigenvalue weighted by Gasteiger charge is -2.29. The van der Waals surface area contributed by atoms with Crippen molar-refractivity contribution in [1.82, 2.24) is 9.88 Å². The second kappa shape index (κ2) is 6.34. The minimum absolute atomic E-state index is 0.277. The number of nitrogens with one attached hydrogen (secondary N) is 1. The number of nitriles is 1. The number of anilines is 1. The molecule has 1 aliphatic rings. The molecule has 1 aromatic heterocycles. The standard InChI is InChI=1S/C13H18N4O/c1-11(10-17-4-6-18-7-5-17)16-13-9-15-3-2-12(13)8-14/h2-3,9,11,16H,4-7,10H2,1H3. The van der Waals surface area contributed by atoms with Crippen molar-refractivity contribution in [3.05, 3.63) is 24.0 Å². The molecule has 1 saturated heterocycles. The number of aromatic nitrogens is 1. The minimum Gasteiger partial charge on any atom is -0.379 e. The smallest absolute Gasteiger partial charge is 0.101 e. The maximum absolute atomic E-state index is 9.01. The van der Waals surface area contributed by atoms with Crippen molar-refractivity contribution in [1.29, 1.82) is 5.26 Å². The first kappa shape index (κ1) is 12.8. The highest BCUT2D eigenvalue weighted by Gasteiger charge is 2.14. The van der Waals surface area contributed by atoms with Gasteiger partial charge in [0.1, 0.15) is 6.07 Å². The monoisotopic (exact) mass is 246 g/mol. The summed E-state index contributed by atoms with van der Waals surface area (Å²) < 4.78 is 5.32. The molecule has 0 saturated carbocycles. The number of nitrogens with zero attached hydrogens (tertiary/aromatic N) is 3. The summed E-state index contributed by atoms with van der Waals surface area (Å²) in [4.78, 5) is 6.41. The Morgan fingerprint density at radius 3 is 3.06 bits per heavy atom. The van der Waals surface area contributed by atoms with Gasteiger partial charge in [-0.3, -0.25) is 9.88 Å². The summed E-state index contributed by atoms with van der Waals surface area (Å²) in [6.07, 6.45) is 3.34. The third-order valence-corrected chi connectivity index (χ3v) is 2.98. The largest absolute Gasteiger partial charge is 0.379 e. The van der Waals surface area contributed by atoms with Gasteiger partial charge in [-0.25, -0.2) is 0 Å². The van der Waals surface area contributed by atoms with Crippen LogP contribution in [0.4, 0.5) is 5.69 Å². The van der Waals surface area contributed by atoms with E-state index in [0.29, 0.717) is 5.56 Å². The van der Waals surface area contributed by atoms with Gasteiger partial charge >= 0.3 is 0 Å². The Labute approximate surface area is 107 Å². The third-order valence-electron chi connectivity index (χ3n) is 2.98. The molecule has 2 heterocycles. The highest BCUT2D eigenvalue weighted by molar-refractivity contribution is 5.55. The molecule has 5 nitrogen and oxygen atoms in total. The van der Waals surface area contributed by atoms with E-state index in [9.17, 15) is 0 Å². The zero-order chi connectivity index (χ0) is 12.8. The van der Waals surface area contributed by atoms with Crippen molar-refractivity contribution in [3.8, 4) is 6.07 Å². The number of pyridine rings is 1. The molecule has 0 radical (unpaired) electrons. The number of hydrogen-bond donors (Lipinski definition) is 1. The SMILES string of the molecule is CC(CN1CCOCC1)Nc1cnccc1C#N. The highest BCUT2D eigenvalue weighted by Crippen LogP contribution is 2.13. The van der Waals surface area contributed by atoms with Crippen LogP contribution >= 0.6 is 0 Å². The van der Waals surface area contributed by atoms with E-state index >= 15 is 0 Å². The van der Waals surface area contributed by atoms with Gasteiger partial charge in [-0.2, -0.15) is 5.26 Å². The third kappa shape index (κ3) is 3.42. The number of ether oxygens (including phenoxy) is 1. The molecule has 1 aliphatic heterocycles. The molecule has 2 rings (SSSR count). The maximum atomic E-state index is 9.01. The Morgan fingerprint density at radius 2 is 2.33 bits per heavy atom. The first-order chi connectivity index (χ1) is 8.79. The fraction of sp³-hybridized carbons (Fsp3) is 0.538. The van der Waals surface area contributed by atoms with E-state index in [1.807, 2.05) is 0 Å². The summed E-state index contributed by atoms with van der Waals surface area (Å²) in [5.74, 6) is 0. The van der Waals surface area contributed by atoms with Crippen LogP contribution in [0, 0.1) is 11.3 Å². The molecule has 96 valence electrons. The quantitative estimate of drug-likeness (QED) is 0.861. The molecule has 18 heavy (non-hydrogen) atoms. The predicted molar refractivity (Wildman–Crippen MR) is 69.3 cm³/mol. The normalized spacial score (nSPS) is 18.0. The van der Waals surface area contributed by atoms with Gasteiger partial charge < -0.3 is 10.1 Å². The van der Waals surface area contributed by atoms with E-state index in [4.69, 9.17) is 10.00 Å².